The number of fused-ring (bicyclic) bond motifs is 1. The summed E-state index contributed by atoms with van der Waals surface area (Å²) < 4.78 is 0. The molecule has 27 heavy (non-hydrogen) atoms. The molecule has 0 amide bonds. The van der Waals surface area contributed by atoms with Gasteiger partial charge in [0.15, 0.2) is 0 Å². The topological polar surface area (TPSA) is 27.8 Å². The maximum Gasteiger partial charge on any atom is 0.0768 e. The average Bonchev–Trinajstić information content (AvgIpc) is 3.09. The van der Waals surface area contributed by atoms with Crippen LogP contribution in [0.1, 0.15) is 28.3 Å². The predicted molar refractivity (Wildman–Crippen MR) is 116 cm³/mol. The van der Waals surface area contributed by atoms with Gasteiger partial charge in [0.05, 0.1) is 6.04 Å². The number of rotatable bonds is 5. The Morgan fingerprint density at radius 1 is 0.889 bits per heavy atom. The van der Waals surface area contributed by atoms with E-state index in [-0.39, 0.29) is 6.04 Å². The van der Waals surface area contributed by atoms with Crippen LogP contribution in [-0.2, 0) is 0 Å². The SMILES string of the molecule is C=C(c1c[nH]c2cc(C)ccc12)C(Nc1cccc(C)c1)c1ccccc1. The number of aryl methyl sites for hydroxylation is 2. The Labute approximate surface area is 160 Å². The molecule has 1 unspecified atom stereocenters. The lowest BCUT2D eigenvalue weighted by atomic mass is 9.93. The molecular formula is C25H24N2. The predicted octanol–water partition coefficient (Wildman–Crippen LogP) is 6.65. The highest BCUT2D eigenvalue weighted by atomic mass is 14.9. The smallest absolute Gasteiger partial charge is 0.0768 e. The van der Waals surface area contributed by atoms with Gasteiger partial charge in [0.1, 0.15) is 0 Å². The molecule has 0 bridgehead atoms. The maximum atomic E-state index is 4.48. The average molecular weight is 352 g/mol. The fraction of sp³-hybridized carbons (Fsp3) is 0.120. The molecule has 4 aromatic rings. The van der Waals surface area contributed by atoms with Gasteiger partial charge in [0.2, 0.25) is 0 Å². The quantitative estimate of drug-likeness (QED) is 0.413. The number of hydrogen-bond donors (Lipinski definition) is 2. The van der Waals surface area contributed by atoms with Crippen LogP contribution >= 0.6 is 0 Å². The van der Waals surface area contributed by atoms with Crippen LogP contribution in [0.15, 0.2) is 85.6 Å². The molecule has 0 fully saturated rings. The fourth-order valence-electron chi connectivity index (χ4n) is 3.58. The minimum absolute atomic E-state index is 0.00620. The third kappa shape index (κ3) is 3.52. The van der Waals surface area contributed by atoms with E-state index in [0.29, 0.717) is 0 Å². The van der Waals surface area contributed by atoms with Crippen molar-refractivity contribution in [3.05, 3.63) is 108 Å². The molecular weight excluding hydrogens is 328 g/mol. The minimum atomic E-state index is -0.00620. The fourth-order valence-corrected chi connectivity index (χ4v) is 3.58. The summed E-state index contributed by atoms with van der Waals surface area (Å²) in [6, 6.07) is 25.5. The molecule has 4 rings (SSSR count). The number of aromatic amines is 1. The summed E-state index contributed by atoms with van der Waals surface area (Å²) in [6.45, 7) is 8.71. The Bertz CT molecular complexity index is 1090. The van der Waals surface area contributed by atoms with Crippen molar-refractivity contribution < 1.29 is 0 Å². The normalized spacial score (nSPS) is 12.1. The lowest BCUT2D eigenvalue weighted by Crippen LogP contribution is -2.12. The van der Waals surface area contributed by atoms with Crippen molar-refractivity contribution in [1.29, 1.82) is 0 Å². The molecule has 0 aliphatic heterocycles. The molecule has 3 aromatic carbocycles. The summed E-state index contributed by atoms with van der Waals surface area (Å²) >= 11 is 0. The number of benzene rings is 3. The molecule has 0 saturated carbocycles. The van der Waals surface area contributed by atoms with Gasteiger partial charge < -0.3 is 10.3 Å². The van der Waals surface area contributed by atoms with Gasteiger partial charge in [-0.25, -0.2) is 0 Å². The Morgan fingerprint density at radius 2 is 1.67 bits per heavy atom. The minimum Gasteiger partial charge on any atom is -0.374 e. The van der Waals surface area contributed by atoms with Gasteiger partial charge in [-0.15, -0.1) is 0 Å². The van der Waals surface area contributed by atoms with E-state index >= 15 is 0 Å². The highest BCUT2D eigenvalue weighted by Gasteiger charge is 2.19. The second-order valence-corrected chi connectivity index (χ2v) is 7.13. The Balaban J connectivity index is 1.76. The third-order valence-corrected chi connectivity index (χ3v) is 4.99. The highest BCUT2D eigenvalue weighted by Crippen LogP contribution is 2.35. The van der Waals surface area contributed by atoms with Crippen LogP contribution < -0.4 is 5.32 Å². The molecule has 2 nitrogen and oxygen atoms in total. The van der Waals surface area contributed by atoms with E-state index in [4.69, 9.17) is 0 Å². The largest absolute Gasteiger partial charge is 0.374 e. The molecule has 0 saturated heterocycles. The van der Waals surface area contributed by atoms with Crippen LogP contribution in [0.5, 0.6) is 0 Å². The van der Waals surface area contributed by atoms with E-state index in [9.17, 15) is 0 Å². The molecule has 2 heteroatoms. The van der Waals surface area contributed by atoms with Gasteiger partial charge in [-0.05, 0) is 54.3 Å². The summed E-state index contributed by atoms with van der Waals surface area (Å²) in [5, 5.41) is 4.89. The molecule has 0 aliphatic rings. The highest BCUT2D eigenvalue weighted by molar-refractivity contribution is 5.94. The molecule has 0 spiro atoms. The van der Waals surface area contributed by atoms with Crippen molar-refractivity contribution in [2.45, 2.75) is 19.9 Å². The van der Waals surface area contributed by atoms with Crippen LogP contribution in [0.2, 0.25) is 0 Å². The van der Waals surface area contributed by atoms with E-state index in [1.54, 1.807) is 0 Å². The third-order valence-electron chi connectivity index (χ3n) is 4.99. The van der Waals surface area contributed by atoms with E-state index in [2.05, 4.69) is 104 Å². The van der Waals surface area contributed by atoms with Crippen LogP contribution in [-0.4, -0.2) is 4.98 Å². The Hall–Kier alpha value is -3.26. The van der Waals surface area contributed by atoms with Gasteiger partial charge in [-0.2, -0.15) is 0 Å². The number of aromatic nitrogens is 1. The second kappa shape index (κ2) is 7.16. The summed E-state index contributed by atoms with van der Waals surface area (Å²) in [7, 11) is 0. The molecule has 1 heterocycles. The van der Waals surface area contributed by atoms with Crippen molar-refractivity contribution in [3.63, 3.8) is 0 Å². The zero-order valence-corrected chi connectivity index (χ0v) is 15.8. The van der Waals surface area contributed by atoms with Crippen molar-refractivity contribution >= 4 is 22.2 Å². The van der Waals surface area contributed by atoms with Gasteiger partial charge in [0.25, 0.3) is 0 Å². The van der Waals surface area contributed by atoms with Crippen LogP contribution in [0.25, 0.3) is 16.5 Å². The molecule has 1 aromatic heterocycles. The summed E-state index contributed by atoms with van der Waals surface area (Å²) in [5.41, 5.74) is 8.13. The number of H-pyrrole nitrogens is 1. The summed E-state index contributed by atoms with van der Waals surface area (Å²) in [5.74, 6) is 0. The summed E-state index contributed by atoms with van der Waals surface area (Å²) in [6.07, 6.45) is 2.07. The Morgan fingerprint density at radius 3 is 2.44 bits per heavy atom. The van der Waals surface area contributed by atoms with Crippen LogP contribution in [0.3, 0.4) is 0 Å². The van der Waals surface area contributed by atoms with E-state index in [1.807, 2.05) is 6.07 Å². The first kappa shape index (κ1) is 17.2. The molecule has 2 N–H and O–H groups in total. The van der Waals surface area contributed by atoms with Crippen molar-refractivity contribution in [2.75, 3.05) is 5.32 Å². The van der Waals surface area contributed by atoms with Crippen LogP contribution in [0.4, 0.5) is 5.69 Å². The lowest BCUT2D eigenvalue weighted by molar-refractivity contribution is 1.01. The Kier molecular flexibility index (Phi) is 4.55. The second-order valence-electron chi connectivity index (χ2n) is 7.13. The van der Waals surface area contributed by atoms with Gasteiger partial charge in [-0.1, -0.05) is 61.2 Å². The first-order chi connectivity index (χ1) is 13.1. The van der Waals surface area contributed by atoms with Crippen molar-refractivity contribution in [1.82, 2.24) is 4.98 Å². The van der Waals surface area contributed by atoms with Crippen molar-refractivity contribution in [3.8, 4) is 0 Å². The molecule has 1 atom stereocenters. The van der Waals surface area contributed by atoms with E-state index in [0.717, 1.165) is 22.3 Å². The van der Waals surface area contributed by atoms with E-state index < -0.39 is 0 Å². The standard InChI is InChI=1S/C25H24N2/c1-17-8-7-11-21(14-17)27-25(20-9-5-4-6-10-20)19(3)23-16-26-24-15-18(2)12-13-22(23)24/h4-16,25-27H,3H2,1-2H3. The van der Waals surface area contributed by atoms with Gasteiger partial charge >= 0.3 is 0 Å². The zero-order valence-electron chi connectivity index (χ0n) is 15.8. The van der Waals surface area contributed by atoms with Crippen LogP contribution in [0, 0.1) is 13.8 Å². The monoisotopic (exact) mass is 352 g/mol. The first-order valence-electron chi connectivity index (χ1n) is 9.27. The first-order valence-corrected chi connectivity index (χ1v) is 9.27. The lowest BCUT2D eigenvalue weighted by Gasteiger charge is -2.23. The molecule has 0 aliphatic carbocycles. The number of anilines is 1. The van der Waals surface area contributed by atoms with Crippen molar-refractivity contribution in [2.24, 2.45) is 0 Å². The van der Waals surface area contributed by atoms with E-state index in [1.165, 1.54) is 22.1 Å². The molecule has 0 radical (unpaired) electrons. The number of hydrogen-bond acceptors (Lipinski definition) is 1. The van der Waals surface area contributed by atoms with Gasteiger partial charge in [-0.3, -0.25) is 0 Å². The van der Waals surface area contributed by atoms with Gasteiger partial charge in [0, 0.05) is 28.4 Å². The summed E-state index contributed by atoms with van der Waals surface area (Å²) in [4.78, 5) is 3.40. The zero-order chi connectivity index (χ0) is 18.8. The molecule has 134 valence electrons. The maximum absolute atomic E-state index is 4.48. The number of nitrogens with one attached hydrogen (secondary N) is 2.